The maximum Gasteiger partial charge on any atom is 0.410 e. The second kappa shape index (κ2) is 6.27. The molecule has 3 rings (SSSR count). The van der Waals surface area contributed by atoms with Gasteiger partial charge in [0.2, 0.25) is 0 Å². The number of amides is 1. The minimum absolute atomic E-state index is 0.170. The normalized spacial score (nSPS) is 23.9. The van der Waals surface area contributed by atoms with Gasteiger partial charge in [-0.3, -0.25) is 4.90 Å². The maximum absolute atomic E-state index is 11.9. The molecule has 2 aliphatic heterocycles. The second-order valence-electron chi connectivity index (χ2n) is 5.71. The Kier molecular flexibility index (Phi) is 4.21. The molecule has 2 heterocycles. The predicted octanol–water partition coefficient (Wildman–Crippen LogP) is 2.49. The number of cyclic esters (lactones) is 1. The van der Waals surface area contributed by atoms with E-state index in [-0.39, 0.29) is 12.1 Å². The smallest absolute Gasteiger partial charge is 0.410 e. The van der Waals surface area contributed by atoms with E-state index in [0.717, 1.165) is 25.2 Å². The van der Waals surface area contributed by atoms with E-state index >= 15 is 0 Å². The molecule has 2 aliphatic rings. The summed E-state index contributed by atoms with van der Waals surface area (Å²) >= 11 is 0. The largest absolute Gasteiger partial charge is 0.447 e. The molecular formula is C16H22N2O2. The number of benzene rings is 1. The van der Waals surface area contributed by atoms with Gasteiger partial charge in [-0.25, -0.2) is 4.79 Å². The van der Waals surface area contributed by atoms with E-state index in [1.165, 1.54) is 19.3 Å². The molecule has 20 heavy (non-hydrogen) atoms. The lowest BCUT2D eigenvalue weighted by Crippen LogP contribution is -2.44. The summed E-state index contributed by atoms with van der Waals surface area (Å²) in [5.74, 6) is 0. The van der Waals surface area contributed by atoms with Crippen molar-refractivity contribution < 1.29 is 9.53 Å². The van der Waals surface area contributed by atoms with Gasteiger partial charge >= 0.3 is 6.09 Å². The zero-order valence-corrected chi connectivity index (χ0v) is 11.8. The van der Waals surface area contributed by atoms with Crippen molar-refractivity contribution in [2.24, 2.45) is 0 Å². The van der Waals surface area contributed by atoms with Gasteiger partial charge in [0.15, 0.2) is 0 Å². The molecule has 0 bridgehead atoms. The van der Waals surface area contributed by atoms with Crippen molar-refractivity contribution in [3.63, 3.8) is 0 Å². The third-order valence-electron chi connectivity index (χ3n) is 4.19. The quantitative estimate of drug-likeness (QED) is 0.845. The Morgan fingerprint density at radius 3 is 2.60 bits per heavy atom. The molecule has 2 fully saturated rings. The topological polar surface area (TPSA) is 32.8 Å². The minimum Gasteiger partial charge on any atom is -0.447 e. The van der Waals surface area contributed by atoms with Gasteiger partial charge in [0.25, 0.3) is 0 Å². The molecule has 1 atom stereocenters. The Morgan fingerprint density at radius 2 is 1.85 bits per heavy atom. The number of carbonyl (C=O) groups excluding carboxylic acids is 1. The van der Waals surface area contributed by atoms with Crippen LogP contribution in [0.1, 0.15) is 24.8 Å². The summed E-state index contributed by atoms with van der Waals surface area (Å²) in [6.07, 6.45) is 3.72. The first-order valence-electron chi connectivity index (χ1n) is 7.52. The van der Waals surface area contributed by atoms with Crippen LogP contribution in [0.15, 0.2) is 30.3 Å². The van der Waals surface area contributed by atoms with E-state index in [2.05, 4.69) is 17.0 Å². The lowest BCUT2D eigenvalue weighted by atomic mass is 10.1. The number of nitrogens with zero attached hydrogens (tertiary/aromatic N) is 2. The molecule has 1 aromatic carbocycles. The average Bonchev–Trinajstić information content (AvgIpc) is 2.83. The van der Waals surface area contributed by atoms with Crippen LogP contribution < -0.4 is 0 Å². The molecule has 0 radical (unpaired) electrons. The number of likely N-dealkylation sites (tertiary alicyclic amines) is 1. The first kappa shape index (κ1) is 13.4. The average molecular weight is 274 g/mol. The Labute approximate surface area is 120 Å². The highest BCUT2D eigenvalue weighted by Gasteiger charge is 2.34. The predicted molar refractivity (Wildman–Crippen MR) is 77.4 cm³/mol. The van der Waals surface area contributed by atoms with Crippen molar-refractivity contribution in [2.75, 3.05) is 26.2 Å². The summed E-state index contributed by atoms with van der Waals surface area (Å²) in [5.41, 5.74) is 1.16. The number of hydrogen-bond acceptors (Lipinski definition) is 3. The van der Waals surface area contributed by atoms with Crippen molar-refractivity contribution in [3.8, 4) is 0 Å². The van der Waals surface area contributed by atoms with E-state index in [1.807, 2.05) is 23.1 Å². The zero-order valence-electron chi connectivity index (χ0n) is 11.8. The third kappa shape index (κ3) is 3.12. The molecule has 2 saturated heterocycles. The van der Waals surface area contributed by atoms with Crippen LogP contribution >= 0.6 is 0 Å². The fraction of sp³-hybridized carbons (Fsp3) is 0.562. The summed E-state index contributed by atoms with van der Waals surface area (Å²) in [6, 6.07) is 10.3. The highest BCUT2D eigenvalue weighted by atomic mass is 16.6. The van der Waals surface area contributed by atoms with E-state index in [9.17, 15) is 4.79 Å². The second-order valence-corrected chi connectivity index (χ2v) is 5.71. The number of piperidine rings is 1. The first-order valence-corrected chi connectivity index (χ1v) is 7.52. The molecule has 0 aliphatic carbocycles. The van der Waals surface area contributed by atoms with E-state index in [4.69, 9.17) is 4.74 Å². The van der Waals surface area contributed by atoms with E-state index in [1.54, 1.807) is 0 Å². The first-order chi connectivity index (χ1) is 9.83. The lowest BCUT2D eigenvalue weighted by molar-refractivity contribution is 0.150. The van der Waals surface area contributed by atoms with Crippen LogP contribution in [0.5, 0.6) is 0 Å². The summed E-state index contributed by atoms with van der Waals surface area (Å²) in [4.78, 5) is 16.3. The summed E-state index contributed by atoms with van der Waals surface area (Å²) in [6.45, 7) is 4.44. The molecule has 0 aromatic heterocycles. The van der Waals surface area contributed by atoms with Crippen molar-refractivity contribution in [2.45, 2.75) is 31.8 Å². The molecule has 0 spiro atoms. The summed E-state index contributed by atoms with van der Waals surface area (Å²) in [7, 11) is 0. The molecule has 4 heteroatoms. The summed E-state index contributed by atoms with van der Waals surface area (Å²) in [5, 5.41) is 0. The molecule has 0 N–H and O–H groups in total. The minimum atomic E-state index is -0.170. The van der Waals surface area contributed by atoms with Crippen molar-refractivity contribution in [1.82, 2.24) is 9.80 Å². The fourth-order valence-electron chi connectivity index (χ4n) is 3.05. The number of carbonyl (C=O) groups is 1. The Bertz CT molecular complexity index is 443. The van der Waals surface area contributed by atoms with Crippen LogP contribution in [0.2, 0.25) is 0 Å². The maximum atomic E-state index is 11.9. The summed E-state index contributed by atoms with van der Waals surface area (Å²) < 4.78 is 5.25. The third-order valence-corrected chi connectivity index (χ3v) is 4.19. The standard InChI is InChI=1S/C16H22N2O2/c19-16-18(11-14-7-3-1-4-8-14)15(13-20-16)12-17-9-5-2-6-10-17/h1,3-4,7-8,15H,2,5-6,9-13H2. The van der Waals surface area contributed by atoms with Gasteiger partial charge in [0.05, 0.1) is 6.04 Å². The van der Waals surface area contributed by atoms with Crippen LogP contribution in [0.25, 0.3) is 0 Å². The molecule has 1 unspecified atom stereocenters. The molecule has 1 amide bonds. The van der Waals surface area contributed by atoms with Crippen LogP contribution in [0.3, 0.4) is 0 Å². The van der Waals surface area contributed by atoms with Gasteiger partial charge in [-0.1, -0.05) is 36.8 Å². The molecule has 1 aromatic rings. The SMILES string of the molecule is O=C1OCC(CN2CCCCC2)N1Cc1ccccc1. The van der Waals surface area contributed by atoms with Gasteiger partial charge in [-0.05, 0) is 31.5 Å². The Hall–Kier alpha value is -1.55. The Morgan fingerprint density at radius 1 is 1.10 bits per heavy atom. The van der Waals surface area contributed by atoms with Gasteiger partial charge in [0.1, 0.15) is 6.61 Å². The molecule has 0 saturated carbocycles. The number of hydrogen-bond donors (Lipinski definition) is 0. The highest BCUT2D eigenvalue weighted by molar-refractivity contribution is 5.70. The lowest BCUT2D eigenvalue weighted by Gasteiger charge is -2.31. The molecule has 4 nitrogen and oxygen atoms in total. The van der Waals surface area contributed by atoms with Crippen molar-refractivity contribution in [3.05, 3.63) is 35.9 Å². The van der Waals surface area contributed by atoms with Crippen LogP contribution in [0.4, 0.5) is 4.79 Å². The van der Waals surface area contributed by atoms with Gasteiger partial charge < -0.3 is 9.64 Å². The highest BCUT2D eigenvalue weighted by Crippen LogP contribution is 2.19. The Balaban J connectivity index is 1.62. The molecular weight excluding hydrogens is 252 g/mol. The molecule has 108 valence electrons. The zero-order chi connectivity index (χ0) is 13.8. The number of ether oxygens (including phenoxy) is 1. The number of rotatable bonds is 4. The van der Waals surface area contributed by atoms with Crippen LogP contribution in [0, 0.1) is 0 Å². The van der Waals surface area contributed by atoms with Gasteiger partial charge in [-0.15, -0.1) is 0 Å². The van der Waals surface area contributed by atoms with Crippen LogP contribution in [-0.4, -0.2) is 48.2 Å². The van der Waals surface area contributed by atoms with Crippen molar-refractivity contribution >= 4 is 6.09 Å². The van der Waals surface area contributed by atoms with Crippen LogP contribution in [-0.2, 0) is 11.3 Å². The van der Waals surface area contributed by atoms with Crippen molar-refractivity contribution in [1.29, 1.82) is 0 Å². The monoisotopic (exact) mass is 274 g/mol. The van der Waals surface area contributed by atoms with Gasteiger partial charge in [-0.2, -0.15) is 0 Å². The fourth-order valence-corrected chi connectivity index (χ4v) is 3.05. The van der Waals surface area contributed by atoms with E-state index < -0.39 is 0 Å². The van der Waals surface area contributed by atoms with Gasteiger partial charge in [0, 0.05) is 13.1 Å². The van der Waals surface area contributed by atoms with E-state index in [0.29, 0.717) is 13.2 Å².